The van der Waals surface area contributed by atoms with Crippen molar-refractivity contribution in [2.45, 2.75) is 19.4 Å². The first-order chi connectivity index (χ1) is 13.0. The van der Waals surface area contributed by atoms with E-state index in [2.05, 4.69) is 15.5 Å². The molecule has 1 N–H and O–H groups in total. The second kappa shape index (κ2) is 6.48. The molecule has 4 rings (SSSR count). The third kappa shape index (κ3) is 3.19. The number of likely N-dealkylation sites (tertiary alicyclic amines) is 1. The van der Waals surface area contributed by atoms with E-state index >= 15 is 0 Å². The van der Waals surface area contributed by atoms with E-state index in [0.29, 0.717) is 5.39 Å². The summed E-state index contributed by atoms with van der Waals surface area (Å²) < 4.78 is 10.7. The van der Waals surface area contributed by atoms with Crippen LogP contribution in [0.25, 0.3) is 11.0 Å². The Bertz CT molecular complexity index is 1120. The van der Waals surface area contributed by atoms with Crippen LogP contribution in [-0.4, -0.2) is 32.8 Å². The molecule has 0 bridgehead atoms. The quantitative estimate of drug-likeness (QED) is 0.676. The molecule has 1 aromatic carbocycles. The maximum Gasteiger partial charge on any atom is 0.322 e. The van der Waals surface area contributed by atoms with E-state index in [1.54, 1.807) is 24.3 Å². The molecule has 3 heterocycles. The third-order valence-corrected chi connectivity index (χ3v) is 3.99. The summed E-state index contributed by atoms with van der Waals surface area (Å²) in [5, 5.41) is 10.0. The Kier molecular flexibility index (Phi) is 3.99. The summed E-state index contributed by atoms with van der Waals surface area (Å²) in [6.45, 7) is -0.161. The molecule has 1 aliphatic rings. The Morgan fingerprint density at radius 2 is 1.81 bits per heavy atom. The number of carbonyl (C=O) groups excluding carboxylic acids is 3. The second-order valence-corrected chi connectivity index (χ2v) is 5.80. The fraction of sp³-hybridized carbons (Fsp3) is 0.176. The number of hydrogen-bond donors (Lipinski definition) is 1. The van der Waals surface area contributed by atoms with Gasteiger partial charge in [0, 0.05) is 18.9 Å². The van der Waals surface area contributed by atoms with E-state index in [9.17, 15) is 19.2 Å². The molecule has 10 heteroatoms. The van der Waals surface area contributed by atoms with Gasteiger partial charge in [0.25, 0.3) is 5.91 Å². The average Bonchev–Trinajstić information content (AvgIpc) is 3.23. The lowest BCUT2D eigenvalue weighted by atomic mass is 10.2. The third-order valence-electron chi connectivity index (χ3n) is 3.99. The van der Waals surface area contributed by atoms with Crippen molar-refractivity contribution in [2.24, 2.45) is 0 Å². The van der Waals surface area contributed by atoms with Crippen LogP contribution < -0.4 is 10.7 Å². The molecule has 0 radical (unpaired) electrons. The largest absolute Gasteiger partial charge is 0.451 e. The van der Waals surface area contributed by atoms with Crippen LogP contribution in [0.5, 0.6) is 0 Å². The van der Waals surface area contributed by atoms with Crippen molar-refractivity contribution in [3.63, 3.8) is 0 Å². The van der Waals surface area contributed by atoms with Crippen molar-refractivity contribution in [1.82, 2.24) is 15.1 Å². The summed E-state index contributed by atoms with van der Waals surface area (Å²) in [5.74, 6) is -1.61. The number of imide groups is 1. The minimum Gasteiger partial charge on any atom is -0.451 e. The molecule has 1 fully saturated rings. The van der Waals surface area contributed by atoms with Crippen LogP contribution in [0, 0.1) is 0 Å². The molecule has 1 aliphatic heterocycles. The van der Waals surface area contributed by atoms with Crippen LogP contribution in [0.3, 0.4) is 0 Å². The zero-order valence-electron chi connectivity index (χ0n) is 13.8. The van der Waals surface area contributed by atoms with E-state index in [1.807, 2.05) is 0 Å². The first-order valence-corrected chi connectivity index (χ1v) is 8.01. The van der Waals surface area contributed by atoms with Crippen LogP contribution in [0.1, 0.15) is 29.3 Å². The van der Waals surface area contributed by atoms with Gasteiger partial charge >= 0.3 is 6.01 Å². The van der Waals surface area contributed by atoms with Crippen LogP contribution in [0.15, 0.2) is 44.0 Å². The number of para-hydroxylation sites is 1. The SMILES string of the molecule is O=C(Nc1nnc(CN2C(=O)CCC2=O)o1)c1cc(=O)c2ccccc2o1. The van der Waals surface area contributed by atoms with Crippen molar-refractivity contribution >= 4 is 34.7 Å². The number of aromatic nitrogens is 2. The molecule has 0 atom stereocenters. The number of fused-ring (bicyclic) bond motifs is 1. The molecule has 3 aromatic rings. The van der Waals surface area contributed by atoms with Crippen molar-refractivity contribution in [2.75, 3.05) is 5.32 Å². The Balaban J connectivity index is 1.51. The van der Waals surface area contributed by atoms with Gasteiger partial charge in [-0.1, -0.05) is 17.2 Å². The molecule has 3 amide bonds. The van der Waals surface area contributed by atoms with Crippen molar-refractivity contribution < 1.29 is 23.2 Å². The number of hydrogen-bond acceptors (Lipinski definition) is 8. The second-order valence-electron chi connectivity index (χ2n) is 5.80. The summed E-state index contributed by atoms with van der Waals surface area (Å²) in [4.78, 5) is 48.6. The summed E-state index contributed by atoms with van der Waals surface area (Å²) in [6.07, 6.45) is 0.301. The highest BCUT2D eigenvalue weighted by Gasteiger charge is 2.30. The summed E-state index contributed by atoms with van der Waals surface area (Å²) in [5.41, 5.74) is -0.0910. The van der Waals surface area contributed by atoms with Crippen LogP contribution in [-0.2, 0) is 16.1 Å². The lowest BCUT2D eigenvalue weighted by Crippen LogP contribution is -2.28. The molecule has 10 nitrogen and oxygen atoms in total. The van der Waals surface area contributed by atoms with Gasteiger partial charge in [-0.3, -0.25) is 29.4 Å². The van der Waals surface area contributed by atoms with Crippen LogP contribution in [0.4, 0.5) is 6.01 Å². The number of amides is 3. The van der Waals surface area contributed by atoms with Gasteiger partial charge in [0.1, 0.15) is 12.1 Å². The molecule has 1 saturated heterocycles. The number of nitrogens with zero attached hydrogens (tertiary/aromatic N) is 3. The molecule has 0 saturated carbocycles. The first-order valence-electron chi connectivity index (χ1n) is 8.01. The highest BCUT2D eigenvalue weighted by molar-refractivity contribution is 6.02. The fourth-order valence-electron chi connectivity index (χ4n) is 2.68. The molecule has 0 unspecified atom stereocenters. The predicted molar refractivity (Wildman–Crippen MR) is 89.5 cm³/mol. The predicted octanol–water partition coefficient (Wildman–Crippen LogP) is 1.08. The zero-order chi connectivity index (χ0) is 19.0. The minimum absolute atomic E-state index is 0.00568. The molecule has 27 heavy (non-hydrogen) atoms. The Hall–Kier alpha value is -3.82. The summed E-state index contributed by atoms with van der Waals surface area (Å²) >= 11 is 0. The van der Waals surface area contributed by atoms with Crippen LogP contribution >= 0.6 is 0 Å². The maximum atomic E-state index is 12.3. The lowest BCUT2D eigenvalue weighted by Gasteiger charge is -2.09. The Labute approximate surface area is 150 Å². The van der Waals surface area contributed by atoms with Gasteiger partial charge in [-0.2, -0.15) is 0 Å². The van der Waals surface area contributed by atoms with Gasteiger partial charge in [0.05, 0.1) is 5.39 Å². The van der Waals surface area contributed by atoms with Crippen molar-refractivity contribution in [1.29, 1.82) is 0 Å². The van der Waals surface area contributed by atoms with Gasteiger partial charge in [-0.15, -0.1) is 5.10 Å². The van der Waals surface area contributed by atoms with Gasteiger partial charge in [-0.05, 0) is 12.1 Å². The van der Waals surface area contributed by atoms with E-state index in [-0.39, 0.29) is 59.9 Å². The number of benzene rings is 1. The standard InChI is InChI=1S/C17H12N4O6/c22-10-7-12(26-11-4-2-1-3-9(10)11)16(25)18-17-20-19-13(27-17)8-21-14(23)5-6-15(21)24/h1-4,7H,5-6,8H2,(H,18,20,25). The molecule has 136 valence electrons. The van der Waals surface area contributed by atoms with Crippen molar-refractivity contribution in [3.8, 4) is 0 Å². The normalized spacial score (nSPS) is 14.1. The zero-order valence-corrected chi connectivity index (χ0v) is 13.8. The molecular formula is C17H12N4O6. The van der Waals surface area contributed by atoms with E-state index in [1.165, 1.54) is 0 Å². The average molecular weight is 368 g/mol. The van der Waals surface area contributed by atoms with Crippen molar-refractivity contribution in [3.05, 3.63) is 52.2 Å². The number of carbonyl (C=O) groups is 3. The smallest absolute Gasteiger partial charge is 0.322 e. The maximum absolute atomic E-state index is 12.3. The Morgan fingerprint density at radius 3 is 2.59 bits per heavy atom. The molecule has 0 aliphatic carbocycles. The minimum atomic E-state index is -0.749. The molecule has 2 aromatic heterocycles. The number of nitrogens with one attached hydrogen (secondary N) is 1. The van der Waals surface area contributed by atoms with Gasteiger partial charge < -0.3 is 8.83 Å². The van der Waals surface area contributed by atoms with Gasteiger partial charge in [-0.25, -0.2) is 0 Å². The fourth-order valence-corrected chi connectivity index (χ4v) is 2.68. The number of anilines is 1. The first kappa shape index (κ1) is 16.6. The topological polar surface area (TPSA) is 136 Å². The van der Waals surface area contributed by atoms with E-state index in [0.717, 1.165) is 11.0 Å². The monoisotopic (exact) mass is 368 g/mol. The van der Waals surface area contributed by atoms with Gasteiger partial charge in [0.2, 0.25) is 17.7 Å². The Morgan fingerprint density at radius 1 is 1.07 bits per heavy atom. The summed E-state index contributed by atoms with van der Waals surface area (Å²) in [6, 6.07) is 7.35. The summed E-state index contributed by atoms with van der Waals surface area (Å²) in [7, 11) is 0. The van der Waals surface area contributed by atoms with Crippen LogP contribution in [0.2, 0.25) is 0 Å². The lowest BCUT2D eigenvalue weighted by molar-refractivity contribution is -0.139. The molecule has 0 spiro atoms. The highest BCUT2D eigenvalue weighted by Crippen LogP contribution is 2.17. The number of rotatable bonds is 4. The van der Waals surface area contributed by atoms with E-state index in [4.69, 9.17) is 8.83 Å². The van der Waals surface area contributed by atoms with Gasteiger partial charge in [0.15, 0.2) is 11.2 Å². The highest BCUT2D eigenvalue weighted by atomic mass is 16.4. The molecular weight excluding hydrogens is 356 g/mol. The van der Waals surface area contributed by atoms with E-state index < -0.39 is 5.91 Å².